The molecule has 0 spiro atoms. The monoisotopic (exact) mass is 291 g/mol. The topological polar surface area (TPSA) is 50.2 Å². The molecule has 1 heterocycles. The minimum Gasteiger partial charge on any atom is -0.478 e. The number of pyridine rings is 1. The number of aromatic carboxylic acids is 1. The second kappa shape index (κ2) is 4.67. The third kappa shape index (κ3) is 2.36. The zero-order valence-electron chi connectivity index (χ0n) is 9.14. The molecule has 0 atom stereocenters. The smallest absolute Gasteiger partial charge is 0.336 e. The highest BCUT2D eigenvalue weighted by Crippen LogP contribution is 2.28. The summed E-state index contributed by atoms with van der Waals surface area (Å²) < 4.78 is 0.788. The first-order chi connectivity index (χ1) is 8.09. The van der Waals surface area contributed by atoms with Crippen LogP contribution in [0.2, 0.25) is 0 Å². The SMILES string of the molecule is Cc1c(Br)cc(-c2cccnc2)cc1C(=O)O. The zero-order chi connectivity index (χ0) is 12.4. The number of carboxylic acid groups (broad SMARTS) is 1. The molecule has 2 rings (SSSR count). The minimum atomic E-state index is -0.922. The molecule has 1 N–H and O–H groups in total. The Labute approximate surface area is 107 Å². The Morgan fingerprint density at radius 1 is 1.35 bits per heavy atom. The summed E-state index contributed by atoms with van der Waals surface area (Å²) in [6.45, 7) is 1.78. The van der Waals surface area contributed by atoms with Gasteiger partial charge in [0.2, 0.25) is 0 Å². The first kappa shape index (κ1) is 11.8. The molecule has 0 aliphatic rings. The summed E-state index contributed by atoms with van der Waals surface area (Å²) in [6.07, 6.45) is 3.40. The third-order valence-corrected chi connectivity index (χ3v) is 3.39. The molecule has 4 heteroatoms. The zero-order valence-corrected chi connectivity index (χ0v) is 10.7. The summed E-state index contributed by atoms with van der Waals surface area (Å²) in [5.41, 5.74) is 2.77. The van der Waals surface area contributed by atoms with Gasteiger partial charge in [-0.2, -0.15) is 0 Å². The standard InChI is InChI=1S/C13H10BrNO2/c1-8-11(13(16)17)5-10(6-12(8)14)9-3-2-4-15-7-9/h2-7H,1H3,(H,16,17). The van der Waals surface area contributed by atoms with Gasteiger partial charge in [0, 0.05) is 22.4 Å². The molecule has 0 fully saturated rings. The highest BCUT2D eigenvalue weighted by atomic mass is 79.9. The van der Waals surface area contributed by atoms with E-state index in [1.54, 1.807) is 25.4 Å². The Kier molecular flexibility index (Phi) is 3.24. The third-order valence-electron chi connectivity index (χ3n) is 2.57. The lowest BCUT2D eigenvalue weighted by Gasteiger charge is -2.08. The molecule has 0 aliphatic carbocycles. The van der Waals surface area contributed by atoms with Crippen LogP contribution in [0.5, 0.6) is 0 Å². The van der Waals surface area contributed by atoms with Crippen molar-refractivity contribution in [1.82, 2.24) is 4.98 Å². The van der Waals surface area contributed by atoms with Crippen LogP contribution in [-0.4, -0.2) is 16.1 Å². The van der Waals surface area contributed by atoms with Gasteiger partial charge in [-0.3, -0.25) is 4.98 Å². The molecule has 3 nitrogen and oxygen atoms in total. The summed E-state index contributed by atoms with van der Waals surface area (Å²) in [6, 6.07) is 7.29. The normalized spacial score (nSPS) is 10.2. The number of carboxylic acids is 1. The Morgan fingerprint density at radius 2 is 2.12 bits per heavy atom. The van der Waals surface area contributed by atoms with Crippen molar-refractivity contribution in [2.75, 3.05) is 0 Å². The molecule has 0 aliphatic heterocycles. The Hall–Kier alpha value is -1.68. The Morgan fingerprint density at radius 3 is 2.71 bits per heavy atom. The fraction of sp³-hybridized carbons (Fsp3) is 0.0769. The lowest BCUT2D eigenvalue weighted by Crippen LogP contribution is -2.00. The van der Waals surface area contributed by atoms with E-state index in [4.69, 9.17) is 5.11 Å². The van der Waals surface area contributed by atoms with E-state index in [1.807, 2.05) is 18.2 Å². The summed E-state index contributed by atoms with van der Waals surface area (Å²) in [5, 5.41) is 9.12. The van der Waals surface area contributed by atoms with E-state index < -0.39 is 5.97 Å². The van der Waals surface area contributed by atoms with Crippen LogP contribution in [0, 0.1) is 6.92 Å². The van der Waals surface area contributed by atoms with E-state index in [9.17, 15) is 4.79 Å². The second-order valence-corrected chi connectivity index (χ2v) is 4.53. The van der Waals surface area contributed by atoms with Gasteiger partial charge in [0.05, 0.1) is 5.56 Å². The van der Waals surface area contributed by atoms with Gasteiger partial charge in [-0.1, -0.05) is 22.0 Å². The number of rotatable bonds is 2. The number of carbonyl (C=O) groups is 1. The van der Waals surface area contributed by atoms with Gasteiger partial charge >= 0.3 is 5.97 Å². The van der Waals surface area contributed by atoms with Crippen molar-refractivity contribution >= 4 is 21.9 Å². The van der Waals surface area contributed by atoms with Crippen molar-refractivity contribution in [2.24, 2.45) is 0 Å². The van der Waals surface area contributed by atoms with Crippen LogP contribution in [0.4, 0.5) is 0 Å². The summed E-state index contributed by atoms with van der Waals surface area (Å²) in [4.78, 5) is 15.1. The molecule has 0 saturated carbocycles. The molecule has 17 heavy (non-hydrogen) atoms. The first-order valence-electron chi connectivity index (χ1n) is 5.03. The minimum absolute atomic E-state index is 0.304. The van der Waals surface area contributed by atoms with E-state index in [0.29, 0.717) is 5.56 Å². The van der Waals surface area contributed by atoms with E-state index in [2.05, 4.69) is 20.9 Å². The summed E-state index contributed by atoms with van der Waals surface area (Å²) >= 11 is 3.38. The highest BCUT2D eigenvalue weighted by Gasteiger charge is 2.12. The molecule has 1 aromatic carbocycles. The molecule has 2 aromatic rings. The van der Waals surface area contributed by atoms with E-state index in [1.165, 1.54) is 0 Å². The summed E-state index contributed by atoms with van der Waals surface area (Å²) in [7, 11) is 0. The number of hydrogen-bond acceptors (Lipinski definition) is 2. The van der Waals surface area contributed by atoms with E-state index in [-0.39, 0.29) is 0 Å². The Balaban J connectivity index is 2.61. The maximum Gasteiger partial charge on any atom is 0.336 e. The van der Waals surface area contributed by atoms with E-state index >= 15 is 0 Å². The van der Waals surface area contributed by atoms with Crippen LogP contribution in [0.1, 0.15) is 15.9 Å². The van der Waals surface area contributed by atoms with Gasteiger partial charge in [0.15, 0.2) is 0 Å². The number of nitrogens with zero attached hydrogens (tertiary/aromatic N) is 1. The predicted molar refractivity (Wildman–Crippen MR) is 69.1 cm³/mol. The molecule has 0 saturated heterocycles. The van der Waals surface area contributed by atoms with Crippen LogP contribution in [0.15, 0.2) is 41.1 Å². The maximum absolute atomic E-state index is 11.1. The average molecular weight is 292 g/mol. The number of halogens is 1. The largest absolute Gasteiger partial charge is 0.478 e. The van der Waals surface area contributed by atoms with Crippen LogP contribution in [0.3, 0.4) is 0 Å². The van der Waals surface area contributed by atoms with Gasteiger partial charge in [0.25, 0.3) is 0 Å². The molecule has 0 radical (unpaired) electrons. The van der Waals surface area contributed by atoms with Gasteiger partial charge in [-0.15, -0.1) is 0 Å². The second-order valence-electron chi connectivity index (χ2n) is 3.68. The van der Waals surface area contributed by atoms with Crippen molar-refractivity contribution in [2.45, 2.75) is 6.92 Å². The maximum atomic E-state index is 11.1. The van der Waals surface area contributed by atoms with Crippen molar-refractivity contribution in [3.05, 3.63) is 52.3 Å². The molecule has 1 aromatic heterocycles. The van der Waals surface area contributed by atoms with Crippen molar-refractivity contribution in [3.63, 3.8) is 0 Å². The highest BCUT2D eigenvalue weighted by molar-refractivity contribution is 9.10. The lowest BCUT2D eigenvalue weighted by molar-refractivity contribution is 0.0696. The molecule has 0 amide bonds. The number of hydrogen-bond donors (Lipinski definition) is 1. The number of aromatic nitrogens is 1. The fourth-order valence-electron chi connectivity index (χ4n) is 1.60. The van der Waals surface area contributed by atoms with E-state index in [0.717, 1.165) is 21.2 Å². The van der Waals surface area contributed by atoms with Crippen LogP contribution in [0.25, 0.3) is 11.1 Å². The lowest BCUT2D eigenvalue weighted by atomic mass is 10.0. The van der Waals surface area contributed by atoms with Gasteiger partial charge in [-0.05, 0) is 36.2 Å². The van der Waals surface area contributed by atoms with Gasteiger partial charge in [0.1, 0.15) is 0 Å². The van der Waals surface area contributed by atoms with Crippen LogP contribution >= 0.6 is 15.9 Å². The Bertz CT molecular complexity index is 567. The molecule has 0 unspecified atom stereocenters. The molecular weight excluding hydrogens is 282 g/mol. The van der Waals surface area contributed by atoms with Crippen molar-refractivity contribution < 1.29 is 9.90 Å². The molecule has 86 valence electrons. The average Bonchev–Trinajstić information content (AvgIpc) is 2.33. The summed E-state index contributed by atoms with van der Waals surface area (Å²) in [5.74, 6) is -0.922. The van der Waals surface area contributed by atoms with Crippen molar-refractivity contribution in [3.8, 4) is 11.1 Å². The molecular formula is C13H10BrNO2. The first-order valence-corrected chi connectivity index (χ1v) is 5.82. The molecule has 0 bridgehead atoms. The predicted octanol–water partition coefficient (Wildman–Crippen LogP) is 3.52. The van der Waals surface area contributed by atoms with Crippen LogP contribution < -0.4 is 0 Å². The fourth-order valence-corrected chi connectivity index (χ4v) is 2.06. The quantitative estimate of drug-likeness (QED) is 0.921. The number of benzene rings is 1. The van der Waals surface area contributed by atoms with Gasteiger partial charge < -0.3 is 5.11 Å². The van der Waals surface area contributed by atoms with Crippen molar-refractivity contribution in [1.29, 1.82) is 0 Å². The van der Waals surface area contributed by atoms with Crippen LogP contribution in [-0.2, 0) is 0 Å². The van der Waals surface area contributed by atoms with Gasteiger partial charge in [-0.25, -0.2) is 4.79 Å².